The third kappa shape index (κ3) is 5.41. The first-order valence-electron chi connectivity index (χ1n) is 7.66. The summed E-state index contributed by atoms with van der Waals surface area (Å²) in [5.41, 5.74) is 0.733. The molecular weight excluding hydrogens is 366 g/mol. The van der Waals surface area contributed by atoms with E-state index < -0.39 is 16.6 Å². The third-order valence-corrected chi connectivity index (χ3v) is 4.48. The standard InChI is InChI=1S/C17H18F2N2O4S/c1-3-24-14-7-9-16(10-8-14)26(22,23)21-20-12(2)13-5-4-6-15(11-13)25-17(18)19/h4-11,17,21H,3H2,1-2H3/b20-12-. The van der Waals surface area contributed by atoms with E-state index in [2.05, 4.69) is 14.7 Å². The maximum atomic E-state index is 12.3. The predicted molar refractivity (Wildman–Crippen MR) is 93.2 cm³/mol. The average molecular weight is 384 g/mol. The van der Waals surface area contributed by atoms with Gasteiger partial charge in [-0.25, -0.2) is 0 Å². The van der Waals surface area contributed by atoms with Crippen molar-refractivity contribution < 1.29 is 26.7 Å². The maximum absolute atomic E-state index is 12.3. The molecule has 0 aliphatic carbocycles. The summed E-state index contributed by atoms with van der Waals surface area (Å²) in [7, 11) is -3.87. The number of nitrogens with one attached hydrogen (secondary N) is 1. The Hall–Kier alpha value is -2.68. The van der Waals surface area contributed by atoms with Crippen LogP contribution in [0.25, 0.3) is 0 Å². The van der Waals surface area contributed by atoms with Crippen molar-refractivity contribution in [2.24, 2.45) is 5.10 Å². The summed E-state index contributed by atoms with van der Waals surface area (Å²) < 4.78 is 58.6. The summed E-state index contributed by atoms with van der Waals surface area (Å²) in [6.45, 7) is 0.899. The Morgan fingerprint density at radius 2 is 1.85 bits per heavy atom. The van der Waals surface area contributed by atoms with Gasteiger partial charge in [0.2, 0.25) is 0 Å². The second kappa shape index (κ2) is 8.61. The Labute approximate surface area is 150 Å². The van der Waals surface area contributed by atoms with Crippen molar-refractivity contribution in [1.29, 1.82) is 0 Å². The minimum atomic E-state index is -3.87. The first-order chi connectivity index (χ1) is 12.3. The molecule has 0 saturated carbocycles. The number of nitrogens with zero attached hydrogens (tertiary/aromatic N) is 1. The van der Waals surface area contributed by atoms with Gasteiger partial charge >= 0.3 is 6.61 Å². The molecule has 2 rings (SSSR count). The fourth-order valence-electron chi connectivity index (χ4n) is 2.02. The molecule has 0 aliphatic heterocycles. The molecular formula is C17H18F2N2O4S. The summed E-state index contributed by atoms with van der Waals surface area (Å²) in [5.74, 6) is 0.517. The van der Waals surface area contributed by atoms with Crippen LogP contribution in [0.3, 0.4) is 0 Å². The van der Waals surface area contributed by atoms with Gasteiger partial charge in [0.1, 0.15) is 11.5 Å². The van der Waals surface area contributed by atoms with Gasteiger partial charge in [-0.15, -0.1) is 0 Å². The monoisotopic (exact) mass is 384 g/mol. The molecule has 1 N–H and O–H groups in total. The lowest BCUT2D eigenvalue weighted by Crippen LogP contribution is -2.20. The zero-order valence-corrected chi connectivity index (χ0v) is 15.0. The maximum Gasteiger partial charge on any atom is 0.387 e. The van der Waals surface area contributed by atoms with Crippen LogP contribution in [0.1, 0.15) is 19.4 Å². The minimum Gasteiger partial charge on any atom is -0.494 e. The van der Waals surface area contributed by atoms with Gasteiger partial charge in [0.25, 0.3) is 10.0 Å². The van der Waals surface area contributed by atoms with Gasteiger partial charge in [-0.3, -0.25) is 0 Å². The zero-order valence-electron chi connectivity index (χ0n) is 14.1. The van der Waals surface area contributed by atoms with E-state index in [4.69, 9.17) is 4.74 Å². The molecule has 0 unspecified atom stereocenters. The fraction of sp³-hybridized carbons (Fsp3) is 0.235. The zero-order chi connectivity index (χ0) is 19.2. The molecule has 0 atom stereocenters. The van der Waals surface area contributed by atoms with Gasteiger partial charge in [0, 0.05) is 5.56 Å². The number of sulfonamides is 1. The summed E-state index contributed by atoms with van der Waals surface area (Å²) in [4.78, 5) is 2.14. The third-order valence-electron chi connectivity index (χ3n) is 3.26. The molecule has 6 nitrogen and oxygen atoms in total. The molecule has 0 heterocycles. The van der Waals surface area contributed by atoms with Crippen molar-refractivity contribution in [2.75, 3.05) is 6.61 Å². The summed E-state index contributed by atoms with van der Waals surface area (Å²) in [6, 6.07) is 11.7. The van der Waals surface area contributed by atoms with E-state index in [1.54, 1.807) is 25.1 Å². The van der Waals surface area contributed by atoms with Crippen molar-refractivity contribution in [1.82, 2.24) is 4.83 Å². The predicted octanol–water partition coefficient (Wildman–Crippen LogP) is 3.39. The van der Waals surface area contributed by atoms with Crippen LogP contribution in [0.4, 0.5) is 8.78 Å². The van der Waals surface area contributed by atoms with Crippen LogP contribution in [0.5, 0.6) is 11.5 Å². The van der Waals surface area contributed by atoms with Gasteiger partial charge in [0.05, 0.1) is 17.2 Å². The van der Waals surface area contributed by atoms with E-state index >= 15 is 0 Å². The van der Waals surface area contributed by atoms with Gasteiger partial charge in [0.15, 0.2) is 0 Å². The molecule has 26 heavy (non-hydrogen) atoms. The number of hydrogen-bond donors (Lipinski definition) is 1. The summed E-state index contributed by atoms with van der Waals surface area (Å²) in [6.07, 6.45) is 0. The number of rotatable bonds is 8. The Kier molecular flexibility index (Phi) is 6.51. The molecule has 0 aromatic heterocycles. The molecule has 0 bridgehead atoms. The lowest BCUT2D eigenvalue weighted by atomic mass is 10.1. The Morgan fingerprint density at radius 1 is 1.15 bits per heavy atom. The molecule has 9 heteroatoms. The number of halogens is 2. The average Bonchev–Trinajstić information content (AvgIpc) is 2.60. The van der Waals surface area contributed by atoms with Crippen LogP contribution in [-0.4, -0.2) is 27.3 Å². The molecule has 0 saturated heterocycles. The molecule has 0 amide bonds. The summed E-state index contributed by atoms with van der Waals surface area (Å²) >= 11 is 0. The first kappa shape index (κ1) is 19.6. The Morgan fingerprint density at radius 3 is 2.46 bits per heavy atom. The molecule has 0 fully saturated rings. The second-order valence-electron chi connectivity index (χ2n) is 5.10. The van der Waals surface area contributed by atoms with Crippen molar-refractivity contribution in [2.45, 2.75) is 25.4 Å². The lowest BCUT2D eigenvalue weighted by Gasteiger charge is -2.08. The second-order valence-corrected chi connectivity index (χ2v) is 6.76. The smallest absolute Gasteiger partial charge is 0.387 e. The van der Waals surface area contributed by atoms with Gasteiger partial charge in [-0.05, 0) is 50.2 Å². The molecule has 140 valence electrons. The fourth-order valence-corrected chi connectivity index (χ4v) is 2.88. The normalized spacial score (nSPS) is 12.1. The van der Waals surface area contributed by atoms with Crippen molar-refractivity contribution in [3.8, 4) is 11.5 Å². The van der Waals surface area contributed by atoms with Gasteiger partial charge in [-0.2, -0.15) is 27.1 Å². The SMILES string of the molecule is CCOc1ccc(S(=O)(=O)N/N=C(/C)c2cccc(OC(F)F)c2)cc1. The highest BCUT2D eigenvalue weighted by molar-refractivity contribution is 7.89. The molecule has 2 aromatic carbocycles. The van der Waals surface area contributed by atoms with Gasteiger partial charge < -0.3 is 9.47 Å². The molecule has 2 aromatic rings. The highest BCUT2D eigenvalue weighted by Gasteiger charge is 2.13. The number of hydrazone groups is 1. The van der Waals surface area contributed by atoms with E-state index in [-0.39, 0.29) is 10.6 Å². The van der Waals surface area contributed by atoms with E-state index in [0.29, 0.717) is 23.6 Å². The first-order valence-corrected chi connectivity index (χ1v) is 9.14. The van der Waals surface area contributed by atoms with Crippen molar-refractivity contribution in [3.05, 3.63) is 54.1 Å². The van der Waals surface area contributed by atoms with Crippen molar-refractivity contribution >= 4 is 15.7 Å². The number of hydrogen-bond acceptors (Lipinski definition) is 5. The Balaban J connectivity index is 2.14. The van der Waals surface area contributed by atoms with Crippen LogP contribution in [0.15, 0.2) is 58.5 Å². The van der Waals surface area contributed by atoms with E-state index in [1.807, 2.05) is 6.92 Å². The highest BCUT2D eigenvalue weighted by Crippen LogP contribution is 2.18. The Bertz CT molecular complexity index is 869. The quantitative estimate of drug-likeness (QED) is 0.559. The van der Waals surface area contributed by atoms with Gasteiger partial charge in [-0.1, -0.05) is 12.1 Å². The minimum absolute atomic E-state index is 0.0206. The molecule has 0 aliphatic rings. The van der Waals surface area contributed by atoms with Crippen LogP contribution in [0, 0.1) is 0 Å². The van der Waals surface area contributed by atoms with Crippen LogP contribution >= 0.6 is 0 Å². The van der Waals surface area contributed by atoms with Crippen molar-refractivity contribution in [3.63, 3.8) is 0 Å². The molecule has 0 spiro atoms. The van der Waals surface area contributed by atoms with Crippen LogP contribution in [-0.2, 0) is 10.0 Å². The lowest BCUT2D eigenvalue weighted by molar-refractivity contribution is -0.0498. The van der Waals surface area contributed by atoms with Crippen LogP contribution in [0.2, 0.25) is 0 Å². The number of ether oxygens (including phenoxy) is 2. The van der Waals surface area contributed by atoms with Crippen LogP contribution < -0.4 is 14.3 Å². The number of benzene rings is 2. The van der Waals surface area contributed by atoms with E-state index in [1.165, 1.54) is 30.3 Å². The van der Waals surface area contributed by atoms with E-state index in [0.717, 1.165) is 0 Å². The largest absolute Gasteiger partial charge is 0.494 e. The summed E-state index contributed by atoms with van der Waals surface area (Å²) in [5, 5.41) is 3.83. The highest BCUT2D eigenvalue weighted by atomic mass is 32.2. The topological polar surface area (TPSA) is 77.0 Å². The molecule has 0 radical (unpaired) electrons. The van der Waals surface area contributed by atoms with E-state index in [9.17, 15) is 17.2 Å². The number of alkyl halides is 2.